The Balaban J connectivity index is 2.97. The molecule has 0 saturated carbocycles. The Labute approximate surface area is 77.3 Å². The van der Waals surface area contributed by atoms with Gasteiger partial charge >= 0.3 is 0 Å². The zero-order valence-electron chi connectivity index (χ0n) is 6.65. The highest BCUT2D eigenvalue weighted by Crippen LogP contribution is 2.11. The van der Waals surface area contributed by atoms with E-state index in [0.717, 1.165) is 6.42 Å². The van der Waals surface area contributed by atoms with Gasteiger partial charge in [0.15, 0.2) is 0 Å². The Morgan fingerprint density at radius 2 is 2.00 bits per heavy atom. The summed E-state index contributed by atoms with van der Waals surface area (Å²) in [5.41, 5.74) is 0. The van der Waals surface area contributed by atoms with E-state index in [9.17, 15) is 0 Å². The van der Waals surface area contributed by atoms with E-state index in [1.165, 1.54) is 23.7 Å². The van der Waals surface area contributed by atoms with Crippen LogP contribution in [0.1, 0.15) is 32.6 Å². The van der Waals surface area contributed by atoms with Crippen molar-refractivity contribution in [1.29, 1.82) is 0 Å². The van der Waals surface area contributed by atoms with Crippen molar-refractivity contribution < 1.29 is 5.11 Å². The Kier molecular flexibility index (Phi) is 8.33. The van der Waals surface area contributed by atoms with Gasteiger partial charge in [0, 0.05) is 6.61 Å². The van der Waals surface area contributed by atoms with Gasteiger partial charge in [-0.1, -0.05) is 42.4 Å². The second-order valence-corrected chi connectivity index (χ2v) is 3.88. The number of aliphatic hydroxyl groups is 1. The van der Waals surface area contributed by atoms with E-state index < -0.39 is 0 Å². The summed E-state index contributed by atoms with van der Waals surface area (Å²) >= 11 is 2.41. The summed E-state index contributed by atoms with van der Waals surface area (Å²) in [5.74, 6) is 0.716. The molecular weight excluding hydrogens is 239 g/mol. The molecule has 1 atom stereocenters. The highest BCUT2D eigenvalue weighted by atomic mass is 127. The molecule has 0 bridgehead atoms. The number of hydrogen-bond donors (Lipinski definition) is 1. The molecule has 0 aliphatic heterocycles. The molecule has 0 aromatic heterocycles. The van der Waals surface area contributed by atoms with Gasteiger partial charge in [-0.3, -0.25) is 0 Å². The molecule has 0 fully saturated rings. The van der Waals surface area contributed by atoms with Crippen molar-refractivity contribution in [2.75, 3.05) is 11.0 Å². The quantitative estimate of drug-likeness (QED) is 0.440. The number of halogens is 1. The zero-order valence-corrected chi connectivity index (χ0v) is 8.80. The highest BCUT2D eigenvalue weighted by Gasteiger charge is 1.99. The van der Waals surface area contributed by atoms with E-state index in [0.29, 0.717) is 12.5 Å². The molecule has 0 aliphatic rings. The molecular formula is C8H17IO. The normalized spacial score (nSPS) is 13.5. The van der Waals surface area contributed by atoms with Crippen LogP contribution in [0.4, 0.5) is 0 Å². The molecule has 0 saturated heterocycles. The maximum Gasteiger partial charge on any atom is 0.0433 e. The maximum absolute atomic E-state index is 8.59. The van der Waals surface area contributed by atoms with Crippen LogP contribution in [0.3, 0.4) is 0 Å². The Morgan fingerprint density at radius 1 is 1.30 bits per heavy atom. The second kappa shape index (κ2) is 7.79. The van der Waals surface area contributed by atoms with Crippen LogP contribution in [0.5, 0.6) is 0 Å². The molecule has 0 aliphatic carbocycles. The zero-order chi connectivity index (χ0) is 7.82. The van der Waals surface area contributed by atoms with E-state index in [1.54, 1.807) is 0 Å². The van der Waals surface area contributed by atoms with Crippen LogP contribution in [0.15, 0.2) is 0 Å². The number of alkyl halides is 1. The van der Waals surface area contributed by atoms with Gasteiger partial charge in [-0.2, -0.15) is 0 Å². The molecule has 1 N–H and O–H groups in total. The molecule has 0 radical (unpaired) electrons. The lowest BCUT2D eigenvalue weighted by molar-refractivity contribution is 0.257. The van der Waals surface area contributed by atoms with Gasteiger partial charge in [0.1, 0.15) is 0 Å². The first-order chi connectivity index (χ1) is 4.81. The van der Waals surface area contributed by atoms with E-state index in [1.807, 2.05) is 0 Å². The number of aliphatic hydroxyl groups excluding tert-OH is 1. The largest absolute Gasteiger partial charge is 0.396 e. The van der Waals surface area contributed by atoms with Gasteiger partial charge in [0.25, 0.3) is 0 Å². The molecule has 62 valence electrons. The van der Waals surface area contributed by atoms with Crippen molar-refractivity contribution in [3.63, 3.8) is 0 Å². The lowest BCUT2D eigenvalue weighted by Gasteiger charge is -2.07. The van der Waals surface area contributed by atoms with Gasteiger partial charge in [-0.25, -0.2) is 0 Å². The minimum absolute atomic E-state index is 0.353. The molecule has 2 heteroatoms. The lowest BCUT2D eigenvalue weighted by atomic mass is 10.0. The number of rotatable bonds is 6. The average Bonchev–Trinajstić information content (AvgIpc) is 1.89. The van der Waals surface area contributed by atoms with Crippen molar-refractivity contribution in [2.45, 2.75) is 32.6 Å². The average molecular weight is 256 g/mol. The molecule has 0 amide bonds. The number of unbranched alkanes of at least 4 members (excludes halogenated alkanes) is 1. The van der Waals surface area contributed by atoms with Crippen LogP contribution < -0.4 is 0 Å². The summed E-state index contributed by atoms with van der Waals surface area (Å²) in [7, 11) is 0. The van der Waals surface area contributed by atoms with Gasteiger partial charge in [-0.15, -0.1) is 0 Å². The lowest BCUT2D eigenvalue weighted by Crippen LogP contribution is -1.97. The number of hydrogen-bond acceptors (Lipinski definition) is 1. The topological polar surface area (TPSA) is 20.2 Å². The van der Waals surface area contributed by atoms with Crippen LogP contribution >= 0.6 is 22.6 Å². The predicted octanol–water partition coefficient (Wildman–Crippen LogP) is 2.61. The first-order valence-electron chi connectivity index (χ1n) is 3.98. The molecule has 0 aromatic rings. The minimum Gasteiger partial charge on any atom is -0.396 e. The third kappa shape index (κ3) is 6.81. The Morgan fingerprint density at radius 3 is 2.50 bits per heavy atom. The van der Waals surface area contributed by atoms with Gasteiger partial charge in [-0.05, 0) is 23.2 Å². The van der Waals surface area contributed by atoms with E-state index in [4.69, 9.17) is 5.11 Å². The smallest absolute Gasteiger partial charge is 0.0433 e. The van der Waals surface area contributed by atoms with Gasteiger partial charge < -0.3 is 5.11 Å². The molecule has 0 aromatic carbocycles. The van der Waals surface area contributed by atoms with Crippen LogP contribution in [0.2, 0.25) is 0 Å². The molecule has 1 nitrogen and oxygen atoms in total. The summed E-state index contributed by atoms with van der Waals surface area (Å²) in [6, 6.07) is 0. The van der Waals surface area contributed by atoms with Crippen LogP contribution in [-0.2, 0) is 0 Å². The van der Waals surface area contributed by atoms with Crippen molar-refractivity contribution in [2.24, 2.45) is 5.92 Å². The first kappa shape index (κ1) is 10.7. The Bertz CT molecular complexity index is 66.3. The van der Waals surface area contributed by atoms with Gasteiger partial charge in [0.2, 0.25) is 0 Å². The summed E-state index contributed by atoms with van der Waals surface area (Å²) in [5, 5.41) is 8.59. The summed E-state index contributed by atoms with van der Waals surface area (Å²) in [6.07, 6.45) is 4.91. The van der Waals surface area contributed by atoms with E-state index >= 15 is 0 Å². The minimum atomic E-state index is 0.353. The standard InChI is InChI=1S/C8H17IO/c1-8(5-7-10)4-2-3-6-9/h8,10H,2-7H2,1H3/t8-/m0/s1. The van der Waals surface area contributed by atoms with Crippen LogP contribution in [-0.4, -0.2) is 16.1 Å². The highest BCUT2D eigenvalue weighted by molar-refractivity contribution is 14.1. The van der Waals surface area contributed by atoms with Crippen molar-refractivity contribution in [3.05, 3.63) is 0 Å². The summed E-state index contributed by atoms with van der Waals surface area (Å²) in [6.45, 7) is 2.56. The first-order valence-corrected chi connectivity index (χ1v) is 5.50. The summed E-state index contributed by atoms with van der Waals surface area (Å²) in [4.78, 5) is 0. The SMILES string of the molecule is C[C@H](CCO)CCCCI. The fourth-order valence-corrected chi connectivity index (χ4v) is 1.49. The van der Waals surface area contributed by atoms with Crippen LogP contribution in [0, 0.1) is 5.92 Å². The molecule has 10 heavy (non-hydrogen) atoms. The van der Waals surface area contributed by atoms with Crippen molar-refractivity contribution in [3.8, 4) is 0 Å². The summed E-state index contributed by atoms with van der Waals surface area (Å²) < 4.78 is 1.27. The van der Waals surface area contributed by atoms with E-state index in [-0.39, 0.29) is 0 Å². The van der Waals surface area contributed by atoms with Crippen LogP contribution in [0.25, 0.3) is 0 Å². The second-order valence-electron chi connectivity index (χ2n) is 2.80. The fraction of sp³-hybridized carbons (Fsp3) is 1.00. The van der Waals surface area contributed by atoms with Crippen molar-refractivity contribution >= 4 is 22.6 Å². The monoisotopic (exact) mass is 256 g/mol. The molecule has 0 heterocycles. The third-order valence-electron chi connectivity index (χ3n) is 1.70. The van der Waals surface area contributed by atoms with Gasteiger partial charge in [0.05, 0.1) is 0 Å². The third-order valence-corrected chi connectivity index (χ3v) is 2.47. The Hall–Kier alpha value is 0.690. The predicted molar refractivity (Wildman–Crippen MR) is 53.6 cm³/mol. The van der Waals surface area contributed by atoms with Crippen molar-refractivity contribution in [1.82, 2.24) is 0 Å². The maximum atomic E-state index is 8.59. The molecule has 0 spiro atoms. The molecule has 0 rings (SSSR count). The fourth-order valence-electron chi connectivity index (χ4n) is 0.952. The van der Waals surface area contributed by atoms with E-state index in [2.05, 4.69) is 29.5 Å². The molecule has 0 unspecified atom stereocenters.